The Balaban J connectivity index is 2.43. The van der Waals surface area contributed by atoms with Crippen LogP contribution in [0.4, 0.5) is 13.2 Å². The van der Waals surface area contributed by atoms with Crippen LogP contribution >= 0.6 is 11.6 Å². The summed E-state index contributed by atoms with van der Waals surface area (Å²) in [5.74, 6) is -1.54. The van der Waals surface area contributed by atoms with Gasteiger partial charge < -0.3 is 9.47 Å². The molecule has 31 heavy (non-hydrogen) atoms. The summed E-state index contributed by atoms with van der Waals surface area (Å²) in [6.45, 7) is 3.22. The summed E-state index contributed by atoms with van der Waals surface area (Å²) in [6, 6.07) is 3.69. The maximum absolute atomic E-state index is 13.0. The van der Waals surface area contributed by atoms with E-state index in [4.69, 9.17) is 21.1 Å². The molecule has 0 saturated heterocycles. The number of halogens is 4. The normalized spacial score (nSPS) is 12.4. The van der Waals surface area contributed by atoms with Gasteiger partial charge in [0, 0.05) is 13.1 Å². The molecule has 1 heterocycles. The number of esters is 2. The van der Waals surface area contributed by atoms with Gasteiger partial charge in [-0.15, -0.1) is 0 Å². The Morgan fingerprint density at radius 2 is 1.84 bits per heavy atom. The third kappa shape index (κ3) is 5.54. The van der Waals surface area contributed by atoms with E-state index in [1.165, 1.54) is 19.1 Å². The quantitative estimate of drug-likeness (QED) is 0.612. The van der Waals surface area contributed by atoms with Crippen molar-refractivity contribution in [2.75, 3.05) is 6.61 Å². The van der Waals surface area contributed by atoms with E-state index in [1.807, 2.05) is 0 Å². The number of carbonyl (C=O) groups is 2. The molecule has 1 aromatic carbocycles. The minimum absolute atomic E-state index is 0.0890. The molecule has 0 aliphatic heterocycles. The highest BCUT2D eigenvalue weighted by atomic mass is 35.5. The molecular weight excluding hydrogens is 445 g/mol. The molecule has 0 aliphatic rings. The van der Waals surface area contributed by atoms with Crippen molar-refractivity contribution < 1.29 is 32.2 Å². The fraction of sp³-hybridized carbons (Fsp3) is 0.368. The summed E-state index contributed by atoms with van der Waals surface area (Å²) >= 11 is 6.00. The zero-order valence-electron chi connectivity index (χ0n) is 16.7. The second-order valence-electron chi connectivity index (χ2n) is 6.43. The van der Waals surface area contributed by atoms with Gasteiger partial charge in [-0.3, -0.25) is 14.2 Å². The first-order chi connectivity index (χ1) is 14.4. The van der Waals surface area contributed by atoms with Crippen LogP contribution in [0.25, 0.3) is 5.69 Å². The molecular formula is C19H18ClF3N2O6. The van der Waals surface area contributed by atoms with Crippen LogP contribution in [0.2, 0.25) is 5.02 Å². The Bertz CT molecular complexity index is 1120. The van der Waals surface area contributed by atoms with Crippen molar-refractivity contribution in [3.8, 4) is 5.69 Å². The van der Waals surface area contributed by atoms with E-state index in [1.54, 1.807) is 6.92 Å². The fourth-order valence-electron chi connectivity index (χ4n) is 2.69. The predicted molar refractivity (Wildman–Crippen MR) is 103 cm³/mol. The maximum Gasteiger partial charge on any atom is 0.431 e. The highest BCUT2D eigenvalue weighted by molar-refractivity contribution is 6.33. The van der Waals surface area contributed by atoms with Gasteiger partial charge in [0.1, 0.15) is 11.8 Å². The molecule has 12 heteroatoms. The number of ether oxygens (including phenoxy) is 2. The summed E-state index contributed by atoms with van der Waals surface area (Å²) in [6.07, 6.45) is -5.99. The van der Waals surface area contributed by atoms with Crippen LogP contribution in [0, 0.1) is 0 Å². The average molecular weight is 463 g/mol. The molecule has 8 nitrogen and oxygen atoms in total. The van der Waals surface area contributed by atoms with Crippen molar-refractivity contribution in [1.29, 1.82) is 0 Å². The van der Waals surface area contributed by atoms with E-state index < -0.39 is 41.2 Å². The predicted octanol–water partition coefficient (Wildman–Crippen LogP) is 2.71. The monoisotopic (exact) mass is 462 g/mol. The number of rotatable bonds is 6. The second kappa shape index (κ2) is 9.38. The lowest BCUT2D eigenvalue weighted by Gasteiger charge is -2.15. The Morgan fingerprint density at radius 1 is 1.19 bits per heavy atom. The summed E-state index contributed by atoms with van der Waals surface area (Å²) in [5.41, 5.74) is -4.36. The largest absolute Gasteiger partial charge is 0.466 e. The fourth-order valence-corrected chi connectivity index (χ4v) is 2.88. The van der Waals surface area contributed by atoms with Gasteiger partial charge >= 0.3 is 23.8 Å². The first-order valence-electron chi connectivity index (χ1n) is 8.93. The lowest BCUT2D eigenvalue weighted by molar-refractivity contribution is -0.145. The van der Waals surface area contributed by atoms with Crippen molar-refractivity contribution in [3.63, 3.8) is 0 Å². The van der Waals surface area contributed by atoms with E-state index >= 15 is 0 Å². The van der Waals surface area contributed by atoms with Gasteiger partial charge in [-0.05, 0) is 32.0 Å². The molecule has 168 valence electrons. The van der Waals surface area contributed by atoms with E-state index in [0.29, 0.717) is 4.57 Å². The van der Waals surface area contributed by atoms with Gasteiger partial charge in [0.05, 0.1) is 29.3 Å². The summed E-state index contributed by atoms with van der Waals surface area (Å²) in [5, 5.41) is -0.0890. The number of hydrogen-bond donors (Lipinski definition) is 0. The molecule has 0 N–H and O–H groups in total. The molecule has 0 saturated carbocycles. The smallest absolute Gasteiger partial charge is 0.431 e. The zero-order valence-corrected chi connectivity index (χ0v) is 17.4. The number of alkyl halides is 3. The van der Waals surface area contributed by atoms with Gasteiger partial charge in [0.2, 0.25) is 0 Å². The number of aromatic nitrogens is 2. The molecule has 0 aliphatic carbocycles. The number of benzene rings is 1. The zero-order chi connectivity index (χ0) is 23.5. The highest BCUT2D eigenvalue weighted by Crippen LogP contribution is 2.27. The Kier molecular flexibility index (Phi) is 7.32. The highest BCUT2D eigenvalue weighted by Gasteiger charge is 2.35. The first-order valence-corrected chi connectivity index (χ1v) is 9.31. The van der Waals surface area contributed by atoms with Gasteiger partial charge in [0.15, 0.2) is 0 Å². The third-order valence-corrected chi connectivity index (χ3v) is 4.44. The summed E-state index contributed by atoms with van der Waals surface area (Å²) in [7, 11) is 0.864. The molecule has 0 fully saturated rings. The van der Waals surface area contributed by atoms with Crippen molar-refractivity contribution in [3.05, 3.63) is 61.4 Å². The van der Waals surface area contributed by atoms with Crippen LogP contribution in [-0.2, 0) is 27.5 Å². The molecule has 0 radical (unpaired) electrons. The third-order valence-electron chi connectivity index (χ3n) is 4.11. The van der Waals surface area contributed by atoms with Gasteiger partial charge in [-0.25, -0.2) is 14.2 Å². The van der Waals surface area contributed by atoms with Crippen LogP contribution in [0.3, 0.4) is 0 Å². The number of carbonyl (C=O) groups excluding carboxylic acids is 2. The Hall–Kier alpha value is -3.08. The summed E-state index contributed by atoms with van der Waals surface area (Å²) in [4.78, 5) is 48.6. The molecule has 2 aromatic rings. The van der Waals surface area contributed by atoms with E-state index in [9.17, 15) is 32.3 Å². The Labute approximate surface area is 178 Å². The van der Waals surface area contributed by atoms with Crippen molar-refractivity contribution in [1.82, 2.24) is 9.13 Å². The lowest BCUT2D eigenvalue weighted by Crippen LogP contribution is -2.40. The van der Waals surface area contributed by atoms with E-state index in [2.05, 4.69) is 0 Å². The standard InChI is InChI=1S/C19H18ClF3N2O6/c1-4-30-16(27)7-10(2)31-17(28)12-8-11(5-6-13(12)20)25-15(26)9-14(19(21,22)23)24(3)18(25)29/h5-6,8-10H,4,7H2,1-3H3. The average Bonchev–Trinajstić information content (AvgIpc) is 2.65. The molecule has 0 spiro atoms. The van der Waals surface area contributed by atoms with Crippen LogP contribution in [0.5, 0.6) is 0 Å². The van der Waals surface area contributed by atoms with Gasteiger partial charge in [-0.1, -0.05) is 11.6 Å². The first kappa shape index (κ1) is 24.2. The van der Waals surface area contributed by atoms with Crippen molar-refractivity contribution in [2.24, 2.45) is 7.05 Å². The van der Waals surface area contributed by atoms with E-state index in [-0.39, 0.29) is 39.9 Å². The van der Waals surface area contributed by atoms with Gasteiger partial charge in [-0.2, -0.15) is 13.2 Å². The van der Waals surface area contributed by atoms with Crippen LogP contribution in [0.15, 0.2) is 33.9 Å². The minimum Gasteiger partial charge on any atom is -0.466 e. The lowest BCUT2D eigenvalue weighted by atomic mass is 10.2. The Morgan fingerprint density at radius 3 is 2.42 bits per heavy atom. The molecule has 1 atom stereocenters. The molecule has 1 aromatic heterocycles. The SMILES string of the molecule is CCOC(=O)CC(C)OC(=O)c1cc(-n2c(=O)cc(C(F)(F)F)n(C)c2=O)ccc1Cl. The topological polar surface area (TPSA) is 96.6 Å². The minimum atomic E-state index is -4.91. The molecule has 1 unspecified atom stereocenters. The van der Waals surface area contributed by atoms with Crippen LogP contribution in [-0.4, -0.2) is 33.8 Å². The number of hydrogen-bond acceptors (Lipinski definition) is 6. The van der Waals surface area contributed by atoms with Crippen LogP contribution < -0.4 is 11.2 Å². The van der Waals surface area contributed by atoms with Crippen LogP contribution in [0.1, 0.15) is 36.3 Å². The molecule has 0 bridgehead atoms. The van der Waals surface area contributed by atoms with Gasteiger partial charge in [0.25, 0.3) is 5.56 Å². The van der Waals surface area contributed by atoms with Crippen molar-refractivity contribution >= 4 is 23.5 Å². The number of nitrogens with zero attached hydrogens (tertiary/aromatic N) is 2. The molecule has 0 amide bonds. The summed E-state index contributed by atoms with van der Waals surface area (Å²) < 4.78 is 49.6. The van der Waals surface area contributed by atoms with E-state index in [0.717, 1.165) is 13.1 Å². The van der Waals surface area contributed by atoms with Crippen molar-refractivity contribution in [2.45, 2.75) is 32.5 Å². The molecule has 2 rings (SSSR count). The maximum atomic E-state index is 13.0. The second-order valence-corrected chi connectivity index (χ2v) is 6.84.